The molecular formula is C25H30N4O2. The number of fused-ring (bicyclic) bond motifs is 1. The van der Waals surface area contributed by atoms with Crippen molar-refractivity contribution in [2.45, 2.75) is 39.5 Å². The predicted octanol–water partition coefficient (Wildman–Crippen LogP) is 3.09. The summed E-state index contributed by atoms with van der Waals surface area (Å²) in [7, 11) is 1.70. The molecule has 0 bridgehead atoms. The van der Waals surface area contributed by atoms with Crippen LogP contribution in [0.5, 0.6) is 5.75 Å². The molecule has 0 saturated carbocycles. The van der Waals surface area contributed by atoms with Gasteiger partial charge in [0.1, 0.15) is 11.8 Å². The van der Waals surface area contributed by atoms with E-state index < -0.39 is 0 Å². The quantitative estimate of drug-likeness (QED) is 0.781. The Labute approximate surface area is 184 Å². The first-order valence-electron chi connectivity index (χ1n) is 11.0. The molecule has 2 aromatic carbocycles. The Bertz CT molecular complexity index is 1010. The third-order valence-electron chi connectivity index (χ3n) is 6.07. The van der Waals surface area contributed by atoms with Gasteiger partial charge in [0, 0.05) is 45.5 Å². The Morgan fingerprint density at radius 2 is 2.03 bits per heavy atom. The molecule has 2 aliphatic rings. The lowest BCUT2D eigenvalue weighted by Crippen LogP contribution is -2.52. The molecule has 1 N–H and O–H groups in total. The summed E-state index contributed by atoms with van der Waals surface area (Å²) in [4.78, 5) is 16.3. The maximum Gasteiger partial charge on any atom is 0.225 e. The number of hydrogen-bond acceptors (Lipinski definition) is 5. The van der Waals surface area contributed by atoms with Crippen LogP contribution >= 0.6 is 0 Å². The maximum atomic E-state index is 11.7. The van der Waals surface area contributed by atoms with E-state index in [0.717, 1.165) is 44.8 Å². The average Bonchev–Trinajstić information content (AvgIpc) is 2.75. The van der Waals surface area contributed by atoms with Gasteiger partial charge in [0.2, 0.25) is 5.91 Å². The summed E-state index contributed by atoms with van der Waals surface area (Å²) >= 11 is 0. The topological polar surface area (TPSA) is 68.6 Å². The van der Waals surface area contributed by atoms with Crippen LogP contribution < -0.4 is 15.0 Å². The molecule has 0 aliphatic carbocycles. The molecule has 6 heteroatoms. The largest absolute Gasteiger partial charge is 0.490 e. The second kappa shape index (κ2) is 8.99. The molecule has 0 unspecified atom stereocenters. The number of anilines is 1. The zero-order valence-corrected chi connectivity index (χ0v) is 18.5. The molecule has 1 saturated heterocycles. The van der Waals surface area contributed by atoms with Gasteiger partial charge in [-0.2, -0.15) is 5.26 Å². The molecule has 0 radical (unpaired) electrons. The summed E-state index contributed by atoms with van der Waals surface area (Å²) in [5.74, 6) is 0.921. The van der Waals surface area contributed by atoms with E-state index in [1.54, 1.807) is 7.05 Å². The van der Waals surface area contributed by atoms with E-state index in [0.29, 0.717) is 11.3 Å². The molecular weight excluding hydrogens is 388 g/mol. The number of rotatable bonds is 6. The van der Waals surface area contributed by atoms with Crippen LogP contribution in [0.15, 0.2) is 36.4 Å². The number of nitriles is 1. The lowest BCUT2D eigenvalue weighted by Gasteiger charge is -2.38. The highest BCUT2D eigenvalue weighted by molar-refractivity contribution is 5.79. The minimum atomic E-state index is 0.0416. The van der Waals surface area contributed by atoms with E-state index in [2.05, 4.69) is 39.4 Å². The van der Waals surface area contributed by atoms with Crippen molar-refractivity contribution >= 4 is 11.6 Å². The summed E-state index contributed by atoms with van der Waals surface area (Å²) in [6.07, 6.45) is 1.02. The van der Waals surface area contributed by atoms with Crippen molar-refractivity contribution in [2.75, 3.05) is 31.6 Å². The number of likely N-dealkylation sites (tertiary alicyclic amines) is 1. The Morgan fingerprint density at radius 3 is 2.74 bits per heavy atom. The van der Waals surface area contributed by atoms with E-state index in [4.69, 9.17) is 4.74 Å². The highest BCUT2D eigenvalue weighted by Gasteiger charge is 2.31. The van der Waals surface area contributed by atoms with Crippen molar-refractivity contribution in [3.8, 4) is 11.8 Å². The molecule has 31 heavy (non-hydrogen) atoms. The van der Waals surface area contributed by atoms with Crippen molar-refractivity contribution in [3.63, 3.8) is 0 Å². The number of nitrogens with zero attached hydrogens (tertiary/aromatic N) is 3. The Kier molecular flexibility index (Phi) is 6.15. The van der Waals surface area contributed by atoms with Crippen LogP contribution in [0.1, 0.15) is 36.1 Å². The van der Waals surface area contributed by atoms with Crippen molar-refractivity contribution < 1.29 is 9.53 Å². The number of carbonyl (C=O) groups excluding carboxylic acids is 1. The van der Waals surface area contributed by atoms with Crippen molar-refractivity contribution in [2.24, 2.45) is 5.92 Å². The average molecular weight is 419 g/mol. The van der Waals surface area contributed by atoms with Gasteiger partial charge in [0.25, 0.3) is 0 Å². The fourth-order valence-electron chi connectivity index (χ4n) is 4.41. The SMILES string of the molecule is CNC(=O)C1CN(Cc2ccc3c(c2)CCN(c2ccc(OC(C)C)c(C#N)c2)C3)C1. The lowest BCUT2D eigenvalue weighted by molar-refractivity contribution is -0.129. The molecule has 1 fully saturated rings. The van der Waals surface area contributed by atoms with E-state index in [9.17, 15) is 10.1 Å². The number of hydrogen-bond donors (Lipinski definition) is 1. The number of amides is 1. The van der Waals surface area contributed by atoms with E-state index in [-0.39, 0.29) is 17.9 Å². The van der Waals surface area contributed by atoms with Gasteiger partial charge in [0.15, 0.2) is 0 Å². The third-order valence-corrected chi connectivity index (χ3v) is 6.07. The fraction of sp³-hybridized carbons (Fsp3) is 0.440. The first-order valence-corrected chi connectivity index (χ1v) is 11.0. The first-order chi connectivity index (χ1) is 15.0. The van der Waals surface area contributed by atoms with Crippen LogP contribution in [0.3, 0.4) is 0 Å². The molecule has 2 aliphatic heterocycles. The van der Waals surface area contributed by atoms with Gasteiger partial charge in [-0.05, 0) is 55.2 Å². The summed E-state index contributed by atoms with van der Waals surface area (Å²) in [5, 5.41) is 12.3. The van der Waals surface area contributed by atoms with Crippen LogP contribution in [0.25, 0.3) is 0 Å². The van der Waals surface area contributed by atoms with Gasteiger partial charge in [0.05, 0.1) is 17.6 Å². The van der Waals surface area contributed by atoms with E-state index in [1.165, 1.54) is 16.7 Å². The normalized spacial score (nSPS) is 16.4. The molecule has 2 heterocycles. The molecule has 0 aromatic heterocycles. The molecule has 162 valence electrons. The summed E-state index contributed by atoms with van der Waals surface area (Å²) in [6, 6.07) is 14.9. The summed E-state index contributed by atoms with van der Waals surface area (Å²) in [6.45, 7) is 8.26. The van der Waals surface area contributed by atoms with Gasteiger partial charge < -0.3 is 15.0 Å². The van der Waals surface area contributed by atoms with Gasteiger partial charge >= 0.3 is 0 Å². The van der Waals surface area contributed by atoms with Gasteiger partial charge in [-0.3, -0.25) is 9.69 Å². The minimum absolute atomic E-state index is 0.0416. The zero-order valence-electron chi connectivity index (χ0n) is 18.5. The molecule has 0 spiro atoms. The van der Waals surface area contributed by atoms with Crippen LogP contribution in [0, 0.1) is 17.2 Å². The number of ether oxygens (including phenoxy) is 1. The van der Waals surface area contributed by atoms with Gasteiger partial charge in [-0.15, -0.1) is 0 Å². The number of carbonyl (C=O) groups is 1. The highest BCUT2D eigenvalue weighted by atomic mass is 16.5. The summed E-state index contributed by atoms with van der Waals surface area (Å²) in [5.41, 5.74) is 5.69. The van der Waals surface area contributed by atoms with Crippen LogP contribution in [0.2, 0.25) is 0 Å². The zero-order chi connectivity index (χ0) is 22.0. The van der Waals surface area contributed by atoms with Crippen LogP contribution in [-0.4, -0.2) is 43.6 Å². The Balaban J connectivity index is 1.41. The van der Waals surface area contributed by atoms with Gasteiger partial charge in [-0.25, -0.2) is 0 Å². The maximum absolute atomic E-state index is 11.7. The van der Waals surface area contributed by atoms with Crippen LogP contribution in [-0.2, 0) is 24.3 Å². The molecule has 6 nitrogen and oxygen atoms in total. The molecule has 1 amide bonds. The number of benzene rings is 2. The van der Waals surface area contributed by atoms with Crippen molar-refractivity contribution in [1.82, 2.24) is 10.2 Å². The van der Waals surface area contributed by atoms with Crippen LogP contribution in [0.4, 0.5) is 5.69 Å². The Morgan fingerprint density at radius 1 is 1.23 bits per heavy atom. The smallest absolute Gasteiger partial charge is 0.225 e. The second-order valence-corrected chi connectivity index (χ2v) is 8.74. The third kappa shape index (κ3) is 4.67. The Hall–Kier alpha value is -3.04. The summed E-state index contributed by atoms with van der Waals surface area (Å²) < 4.78 is 5.75. The monoisotopic (exact) mass is 418 g/mol. The molecule has 4 rings (SSSR count). The minimum Gasteiger partial charge on any atom is -0.490 e. The molecule has 0 atom stereocenters. The second-order valence-electron chi connectivity index (χ2n) is 8.74. The first kappa shape index (κ1) is 21.2. The standard InChI is InChI=1S/C25H30N4O2/c1-17(2)31-24-7-6-23(11-21(24)12-26)29-9-8-19-10-18(4-5-20(19)16-29)13-28-14-22(15-28)25(30)27-3/h4-7,10-11,17,22H,8-9,13-16H2,1-3H3,(H,27,30). The predicted molar refractivity (Wildman–Crippen MR) is 121 cm³/mol. The van der Waals surface area contributed by atoms with E-state index >= 15 is 0 Å². The lowest BCUT2D eigenvalue weighted by atomic mass is 9.94. The van der Waals surface area contributed by atoms with Crippen molar-refractivity contribution in [3.05, 3.63) is 58.7 Å². The van der Waals surface area contributed by atoms with Crippen molar-refractivity contribution in [1.29, 1.82) is 5.26 Å². The fourth-order valence-corrected chi connectivity index (χ4v) is 4.41. The highest BCUT2D eigenvalue weighted by Crippen LogP contribution is 2.30. The molecule has 2 aromatic rings. The number of nitrogens with one attached hydrogen (secondary N) is 1. The van der Waals surface area contributed by atoms with E-state index in [1.807, 2.05) is 32.0 Å². The van der Waals surface area contributed by atoms with Gasteiger partial charge in [-0.1, -0.05) is 18.2 Å².